The zero-order valence-corrected chi connectivity index (χ0v) is 15.2. The van der Waals surface area contributed by atoms with E-state index in [0.29, 0.717) is 17.1 Å². The Morgan fingerprint density at radius 3 is 2.64 bits per heavy atom. The van der Waals surface area contributed by atoms with Crippen LogP contribution < -0.4 is 4.74 Å². The van der Waals surface area contributed by atoms with Crippen LogP contribution in [0.1, 0.15) is 29.4 Å². The molecular weight excluding hydrogens is 387 g/mol. The highest BCUT2D eigenvalue weighted by atomic mass is 79.9. The molecule has 0 aliphatic rings. The summed E-state index contributed by atoms with van der Waals surface area (Å²) in [6.45, 7) is 2.05. The van der Waals surface area contributed by atoms with Gasteiger partial charge in [-0.25, -0.2) is 13.9 Å². The highest BCUT2D eigenvalue weighted by molar-refractivity contribution is 9.10. The predicted molar refractivity (Wildman–Crippen MR) is 96.6 cm³/mol. The molecule has 0 saturated carbocycles. The molecule has 0 amide bonds. The number of benzene rings is 2. The van der Waals surface area contributed by atoms with Crippen LogP contribution in [0.25, 0.3) is 5.69 Å². The molecule has 1 aromatic heterocycles. The summed E-state index contributed by atoms with van der Waals surface area (Å²) in [6, 6.07) is 14.6. The molecule has 0 unspecified atom stereocenters. The van der Waals surface area contributed by atoms with Crippen molar-refractivity contribution in [3.63, 3.8) is 0 Å². The third-order valence-electron chi connectivity index (χ3n) is 3.56. The fourth-order valence-electron chi connectivity index (χ4n) is 2.40. The van der Waals surface area contributed by atoms with Gasteiger partial charge in [0.15, 0.2) is 0 Å². The first-order chi connectivity index (χ1) is 12.1. The average Bonchev–Trinajstić information content (AvgIpc) is 2.98. The van der Waals surface area contributed by atoms with E-state index in [-0.39, 0.29) is 5.82 Å². The van der Waals surface area contributed by atoms with Crippen LogP contribution in [0.2, 0.25) is 0 Å². The molecule has 0 radical (unpaired) electrons. The van der Waals surface area contributed by atoms with Crippen LogP contribution in [-0.2, 0) is 6.42 Å². The molecule has 3 rings (SSSR count). The smallest absolute Gasteiger partial charge is 0.344 e. The van der Waals surface area contributed by atoms with Crippen molar-refractivity contribution in [2.75, 3.05) is 0 Å². The molecule has 0 aliphatic carbocycles. The van der Waals surface area contributed by atoms with Gasteiger partial charge >= 0.3 is 5.97 Å². The summed E-state index contributed by atoms with van der Waals surface area (Å²) in [5.74, 6) is -0.509. The lowest BCUT2D eigenvalue weighted by Gasteiger charge is -2.08. The van der Waals surface area contributed by atoms with Crippen LogP contribution in [0.5, 0.6) is 5.88 Å². The van der Waals surface area contributed by atoms with E-state index in [1.165, 1.54) is 16.8 Å². The van der Waals surface area contributed by atoms with Gasteiger partial charge in [0.2, 0.25) is 5.88 Å². The normalized spacial score (nSPS) is 10.7. The molecule has 0 N–H and O–H groups in total. The highest BCUT2D eigenvalue weighted by Gasteiger charge is 2.16. The minimum Gasteiger partial charge on any atom is -0.404 e. The fraction of sp³-hybridized carbons (Fsp3) is 0.158. The van der Waals surface area contributed by atoms with Gasteiger partial charge in [0.25, 0.3) is 0 Å². The fourth-order valence-corrected chi connectivity index (χ4v) is 2.80. The highest BCUT2D eigenvalue weighted by Crippen LogP contribution is 2.22. The number of carbonyl (C=O) groups excluding carboxylic acids is 1. The Morgan fingerprint density at radius 1 is 1.20 bits per heavy atom. The first-order valence-corrected chi connectivity index (χ1v) is 8.68. The summed E-state index contributed by atoms with van der Waals surface area (Å²) in [5.41, 5.74) is 1.86. The van der Waals surface area contributed by atoms with Crippen LogP contribution in [0.4, 0.5) is 4.39 Å². The van der Waals surface area contributed by atoms with E-state index in [1.807, 2.05) is 13.0 Å². The Morgan fingerprint density at radius 2 is 1.96 bits per heavy atom. The van der Waals surface area contributed by atoms with Crippen molar-refractivity contribution >= 4 is 21.9 Å². The standard InChI is InChI=1S/C19H16BrFN2O2/c1-2-4-16-12-18(23(22-16)17-9-7-15(21)8-10-17)25-19(24)13-5-3-6-14(20)11-13/h3,5-12H,2,4H2,1H3. The molecule has 6 heteroatoms. The SMILES string of the molecule is CCCc1cc(OC(=O)c2cccc(Br)c2)n(-c2ccc(F)cc2)n1. The molecule has 4 nitrogen and oxygen atoms in total. The lowest BCUT2D eigenvalue weighted by Crippen LogP contribution is -2.11. The van der Waals surface area contributed by atoms with E-state index < -0.39 is 5.97 Å². The molecule has 1 heterocycles. The second-order valence-corrected chi connectivity index (χ2v) is 6.43. The van der Waals surface area contributed by atoms with Gasteiger partial charge in [0.1, 0.15) is 5.82 Å². The lowest BCUT2D eigenvalue weighted by molar-refractivity contribution is 0.0723. The number of aryl methyl sites for hydroxylation is 1. The van der Waals surface area contributed by atoms with Gasteiger partial charge in [-0.05, 0) is 48.9 Å². The van der Waals surface area contributed by atoms with Crippen molar-refractivity contribution in [3.05, 3.63) is 76.1 Å². The van der Waals surface area contributed by atoms with Crippen LogP contribution in [0, 0.1) is 5.82 Å². The van der Waals surface area contributed by atoms with Gasteiger partial charge in [-0.2, -0.15) is 5.10 Å². The zero-order chi connectivity index (χ0) is 17.8. The van der Waals surface area contributed by atoms with E-state index in [4.69, 9.17) is 4.74 Å². The Balaban J connectivity index is 1.94. The Labute approximate surface area is 153 Å². The number of hydrogen-bond acceptors (Lipinski definition) is 3. The Kier molecular flexibility index (Phi) is 5.28. The van der Waals surface area contributed by atoms with Crippen LogP contribution >= 0.6 is 15.9 Å². The average molecular weight is 403 g/mol. The number of nitrogens with zero attached hydrogens (tertiary/aromatic N) is 2. The molecule has 3 aromatic rings. The molecule has 0 fully saturated rings. The predicted octanol–water partition coefficient (Wildman–Crippen LogP) is 4.95. The first kappa shape index (κ1) is 17.4. The van der Waals surface area contributed by atoms with Crippen molar-refractivity contribution in [1.29, 1.82) is 0 Å². The van der Waals surface area contributed by atoms with E-state index in [1.54, 1.807) is 36.4 Å². The molecule has 128 valence electrons. The molecule has 0 saturated heterocycles. The maximum Gasteiger partial charge on any atom is 0.344 e. The van der Waals surface area contributed by atoms with Gasteiger partial charge in [-0.1, -0.05) is 35.3 Å². The number of esters is 1. The summed E-state index contributed by atoms with van der Waals surface area (Å²) in [7, 11) is 0. The van der Waals surface area contributed by atoms with Gasteiger partial charge < -0.3 is 4.74 Å². The van der Waals surface area contributed by atoms with Gasteiger partial charge in [-0.3, -0.25) is 0 Å². The van der Waals surface area contributed by atoms with Crippen molar-refractivity contribution < 1.29 is 13.9 Å². The summed E-state index contributed by atoms with van der Waals surface area (Å²) < 4.78 is 21.0. The van der Waals surface area contributed by atoms with Gasteiger partial charge in [0.05, 0.1) is 16.9 Å². The minimum atomic E-state index is -0.479. The van der Waals surface area contributed by atoms with Crippen molar-refractivity contribution in [3.8, 4) is 11.6 Å². The van der Waals surface area contributed by atoms with Crippen molar-refractivity contribution in [2.45, 2.75) is 19.8 Å². The number of hydrogen-bond donors (Lipinski definition) is 0. The number of ether oxygens (including phenoxy) is 1. The summed E-state index contributed by atoms with van der Waals surface area (Å²) in [5, 5.41) is 4.47. The number of halogens is 2. The number of carbonyl (C=O) groups is 1. The molecule has 2 aromatic carbocycles. The van der Waals surface area contributed by atoms with Gasteiger partial charge in [0, 0.05) is 10.5 Å². The lowest BCUT2D eigenvalue weighted by atomic mass is 10.2. The van der Waals surface area contributed by atoms with Gasteiger partial charge in [-0.15, -0.1) is 0 Å². The molecule has 0 spiro atoms. The Hall–Kier alpha value is -2.47. The van der Waals surface area contributed by atoms with E-state index in [9.17, 15) is 9.18 Å². The largest absolute Gasteiger partial charge is 0.404 e. The zero-order valence-electron chi connectivity index (χ0n) is 13.6. The second-order valence-electron chi connectivity index (χ2n) is 5.51. The number of rotatable bonds is 5. The summed E-state index contributed by atoms with van der Waals surface area (Å²) in [6.07, 6.45) is 1.68. The van der Waals surface area contributed by atoms with E-state index in [0.717, 1.165) is 23.0 Å². The van der Waals surface area contributed by atoms with E-state index in [2.05, 4.69) is 21.0 Å². The summed E-state index contributed by atoms with van der Waals surface area (Å²) >= 11 is 3.34. The monoisotopic (exact) mass is 402 g/mol. The van der Waals surface area contributed by atoms with Crippen molar-refractivity contribution in [2.24, 2.45) is 0 Å². The molecule has 25 heavy (non-hydrogen) atoms. The number of aromatic nitrogens is 2. The Bertz CT molecular complexity index is 891. The third kappa shape index (κ3) is 4.14. The molecule has 0 aliphatic heterocycles. The maximum absolute atomic E-state index is 13.2. The minimum absolute atomic E-state index is 0.306. The van der Waals surface area contributed by atoms with Crippen molar-refractivity contribution in [1.82, 2.24) is 9.78 Å². The van der Waals surface area contributed by atoms with Crippen LogP contribution in [0.3, 0.4) is 0 Å². The van der Waals surface area contributed by atoms with E-state index >= 15 is 0 Å². The molecular formula is C19H16BrFN2O2. The maximum atomic E-state index is 13.2. The third-order valence-corrected chi connectivity index (χ3v) is 4.06. The topological polar surface area (TPSA) is 44.1 Å². The first-order valence-electron chi connectivity index (χ1n) is 7.89. The van der Waals surface area contributed by atoms with Crippen LogP contribution in [-0.4, -0.2) is 15.7 Å². The quantitative estimate of drug-likeness (QED) is 0.567. The summed E-state index contributed by atoms with van der Waals surface area (Å²) in [4.78, 5) is 12.4. The van der Waals surface area contributed by atoms with Crippen LogP contribution in [0.15, 0.2) is 59.1 Å². The second kappa shape index (κ2) is 7.61. The molecule has 0 atom stereocenters. The molecule has 0 bridgehead atoms.